The number of carbonyl (C=O) groups excluding carboxylic acids is 1. The van der Waals surface area contributed by atoms with Gasteiger partial charge in [0.15, 0.2) is 23.0 Å². The average molecular weight is 557 g/mol. The van der Waals surface area contributed by atoms with Gasteiger partial charge in [0.05, 0.1) is 39.1 Å². The molecule has 0 saturated carbocycles. The largest absolute Gasteiger partial charge is 0.493 e. The quantitative estimate of drug-likeness (QED) is 0.300. The van der Waals surface area contributed by atoms with Crippen LogP contribution in [-0.4, -0.2) is 59.9 Å². The topological polar surface area (TPSA) is 112 Å². The Morgan fingerprint density at radius 2 is 1.78 bits per heavy atom. The van der Waals surface area contributed by atoms with Crippen LogP contribution in [0.3, 0.4) is 0 Å². The van der Waals surface area contributed by atoms with Gasteiger partial charge >= 0.3 is 0 Å². The predicted molar refractivity (Wildman–Crippen MR) is 153 cm³/mol. The van der Waals surface area contributed by atoms with Crippen molar-refractivity contribution in [2.45, 2.75) is 26.1 Å². The fourth-order valence-corrected chi connectivity index (χ4v) is 5.10. The minimum absolute atomic E-state index is 0.183. The third kappa shape index (κ3) is 5.90. The van der Waals surface area contributed by atoms with Crippen LogP contribution in [0.1, 0.15) is 27.2 Å². The number of anilines is 2. The average Bonchev–Trinajstić information content (AvgIpc) is 3.67. The number of carbonyl (C=O) groups is 1. The highest BCUT2D eigenvalue weighted by Gasteiger charge is 2.20. The smallest absolute Gasteiger partial charge is 0.257 e. The Morgan fingerprint density at radius 1 is 0.976 bits per heavy atom. The van der Waals surface area contributed by atoms with Crippen LogP contribution >= 0.6 is 0 Å². The van der Waals surface area contributed by atoms with E-state index in [0.717, 1.165) is 49.8 Å². The Labute approximate surface area is 238 Å². The molecule has 0 saturated heterocycles. The van der Waals surface area contributed by atoms with Crippen molar-refractivity contribution in [3.63, 3.8) is 0 Å². The minimum atomic E-state index is -0.227. The molecule has 2 aliphatic heterocycles. The summed E-state index contributed by atoms with van der Waals surface area (Å²) in [5, 5.41) is 14.9. The van der Waals surface area contributed by atoms with Gasteiger partial charge in [0, 0.05) is 37.1 Å². The number of hydrogen-bond acceptors (Lipinski definition) is 9. The van der Waals surface area contributed by atoms with Gasteiger partial charge in [0.1, 0.15) is 5.69 Å². The van der Waals surface area contributed by atoms with E-state index in [0.29, 0.717) is 35.0 Å². The molecule has 2 aliphatic rings. The van der Waals surface area contributed by atoms with Gasteiger partial charge in [-0.15, -0.1) is 5.10 Å². The van der Waals surface area contributed by atoms with E-state index in [2.05, 4.69) is 38.0 Å². The molecular weight excluding hydrogens is 524 g/mol. The van der Waals surface area contributed by atoms with Crippen LogP contribution in [0.4, 0.5) is 11.4 Å². The predicted octanol–water partition coefficient (Wildman–Crippen LogP) is 3.95. The number of nitrogens with zero attached hydrogens (tertiary/aromatic N) is 4. The number of nitrogens with one attached hydrogen (secondary N) is 2. The van der Waals surface area contributed by atoms with Gasteiger partial charge in [0.2, 0.25) is 6.79 Å². The van der Waals surface area contributed by atoms with Gasteiger partial charge in [-0.3, -0.25) is 14.4 Å². The van der Waals surface area contributed by atoms with Crippen molar-refractivity contribution in [3.05, 3.63) is 83.2 Å². The van der Waals surface area contributed by atoms with Crippen LogP contribution in [-0.2, 0) is 26.1 Å². The molecule has 3 aromatic carbocycles. The van der Waals surface area contributed by atoms with Gasteiger partial charge in [-0.2, -0.15) is 0 Å². The van der Waals surface area contributed by atoms with Crippen molar-refractivity contribution in [2.75, 3.05) is 44.7 Å². The molecule has 3 heterocycles. The maximum Gasteiger partial charge on any atom is 0.257 e. The highest BCUT2D eigenvalue weighted by Crippen LogP contribution is 2.35. The van der Waals surface area contributed by atoms with Crippen molar-refractivity contribution in [2.24, 2.45) is 0 Å². The maximum absolute atomic E-state index is 13.1. The van der Waals surface area contributed by atoms with Crippen LogP contribution < -0.4 is 29.6 Å². The third-order valence-electron chi connectivity index (χ3n) is 7.29. The number of hydrogen-bond donors (Lipinski definition) is 2. The van der Waals surface area contributed by atoms with Crippen LogP contribution in [0, 0.1) is 0 Å². The normalized spacial score (nSPS) is 13.9. The number of rotatable bonds is 10. The Bertz CT molecular complexity index is 1550. The summed E-state index contributed by atoms with van der Waals surface area (Å²) in [7, 11) is 3.33. The Morgan fingerprint density at radius 3 is 2.63 bits per heavy atom. The van der Waals surface area contributed by atoms with Crippen molar-refractivity contribution in [3.8, 4) is 23.0 Å². The zero-order chi connectivity index (χ0) is 28.2. The molecule has 1 aromatic heterocycles. The first-order valence-electron chi connectivity index (χ1n) is 13.5. The van der Waals surface area contributed by atoms with E-state index in [4.69, 9.17) is 18.9 Å². The third-order valence-corrected chi connectivity index (χ3v) is 7.29. The van der Waals surface area contributed by atoms with E-state index < -0.39 is 0 Å². The van der Waals surface area contributed by atoms with E-state index in [1.165, 1.54) is 11.1 Å². The van der Waals surface area contributed by atoms with Gasteiger partial charge < -0.3 is 29.6 Å². The van der Waals surface area contributed by atoms with Gasteiger partial charge in [-0.1, -0.05) is 17.3 Å². The SMILES string of the molecule is COc1cc2c(cc1OC)CN(CCn1cc(CNc3ccccc3C(=O)Nc3ccc4c(c3)OCO4)nn1)CC2. The molecule has 0 fully saturated rings. The summed E-state index contributed by atoms with van der Waals surface area (Å²) >= 11 is 0. The molecule has 0 radical (unpaired) electrons. The summed E-state index contributed by atoms with van der Waals surface area (Å²) in [4.78, 5) is 15.5. The fourth-order valence-electron chi connectivity index (χ4n) is 5.10. The highest BCUT2D eigenvalue weighted by molar-refractivity contribution is 6.08. The lowest BCUT2D eigenvalue weighted by Gasteiger charge is -2.29. The maximum atomic E-state index is 13.1. The molecule has 2 N–H and O–H groups in total. The lowest BCUT2D eigenvalue weighted by Crippen LogP contribution is -2.33. The summed E-state index contributed by atoms with van der Waals surface area (Å²) in [5.41, 5.74) is 5.22. The lowest BCUT2D eigenvalue weighted by atomic mass is 9.99. The summed E-state index contributed by atoms with van der Waals surface area (Å²) < 4.78 is 23.5. The Balaban J connectivity index is 1.03. The molecule has 4 aromatic rings. The first-order chi connectivity index (χ1) is 20.1. The Hall–Kier alpha value is -4.77. The van der Waals surface area contributed by atoms with Crippen molar-refractivity contribution in [1.82, 2.24) is 19.9 Å². The second kappa shape index (κ2) is 11.8. The highest BCUT2D eigenvalue weighted by atomic mass is 16.7. The number of benzene rings is 3. The number of para-hydroxylation sites is 1. The molecule has 11 heteroatoms. The van der Waals surface area contributed by atoms with Gasteiger partial charge in [0.25, 0.3) is 5.91 Å². The molecule has 1 amide bonds. The summed E-state index contributed by atoms with van der Waals surface area (Å²) in [6.45, 7) is 4.02. The van der Waals surface area contributed by atoms with E-state index >= 15 is 0 Å². The summed E-state index contributed by atoms with van der Waals surface area (Å²) in [6.07, 6.45) is 2.90. The fraction of sp³-hybridized carbons (Fsp3) is 0.300. The van der Waals surface area contributed by atoms with Crippen LogP contribution in [0.25, 0.3) is 0 Å². The van der Waals surface area contributed by atoms with E-state index in [1.54, 1.807) is 38.5 Å². The number of fused-ring (bicyclic) bond motifs is 2. The zero-order valence-corrected chi connectivity index (χ0v) is 23.1. The number of methoxy groups -OCH3 is 2. The first kappa shape index (κ1) is 26.5. The molecule has 212 valence electrons. The molecular formula is C30H32N6O5. The zero-order valence-electron chi connectivity index (χ0n) is 23.1. The van der Waals surface area contributed by atoms with Gasteiger partial charge in [-0.05, 0) is 53.9 Å². The summed E-state index contributed by atoms with van der Waals surface area (Å²) in [5.74, 6) is 2.59. The van der Waals surface area contributed by atoms with Gasteiger partial charge in [-0.25, -0.2) is 0 Å². The molecule has 41 heavy (non-hydrogen) atoms. The Kier molecular flexibility index (Phi) is 7.59. The second-order valence-corrected chi connectivity index (χ2v) is 9.90. The molecule has 0 aliphatic carbocycles. The molecule has 0 atom stereocenters. The molecule has 11 nitrogen and oxygen atoms in total. The molecule has 0 spiro atoms. The monoisotopic (exact) mass is 556 g/mol. The number of aromatic nitrogens is 3. The van der Waals surface area contributed by atoms with E-state index in [1.807, 2.05) is 29.1 Å². The lowest BCUT2D eigenvalue weighted by molar-refractivity contribution is 0.102. The minimum Gasteiger partial charge on any atom is -0.493 e. The van der Waals surface area contributed by atoms with Crippen LogP contribution in [0.2, 0.25) is 0 Å². The number of ether oxygens (including phenoxy) is 4. The first-order valence-corrected chi connectivity index (χ1v) is 13.5. The van der Waals surface area contributed by atoms with Crippen LogP contribution in [0.15, 0.2) is 60.8 Å². The molecule has 0 unspecified atom stereocenters. The standard InChI is InChI=1S/C30H32N6O5/c1-38-27-13-20-9-10-35(17-21(20)14-28(27)39-2)11-12-36-18-23(33-34-36)16-31-25-6-4-3-5-24(25)30(37)32-22-7-8-26-29(15-22)41-19-40-26/h3-8,13-15,18,31H,9-12,16-17,19H2,1-2H3,(H,32,37). The van der Waals surface area contributed by atoms with Crippen molar-refractivity contribution in [1.29, 1.82) is 0 Å². The van der Waals surface area contributed by atoms with E-state index in [-0.39, 0.29) is 12.7 Å². The second-order valence-electron chi connectivity index (χ2n) is 9.90. The molecule has 6 rings (SSSR count). The number of amides is 1. The summed E-state index contributed by atoms with van der Waals surface area (Å²) in [6, 6.07) is 16.9. The van der Waals surface area contributed by atoms with E-state index in [9.17, 15) is 4.79 Å². The van der Waals surface area contributed by atoms with Crippen molar-refractivity contribution >= 4 is 17.3 Å². The van der Waals surface area contributed by atoms with Crippen LogP contribution in [0.5, 0.6) is 23.0 Å². The molecule has 0 bridgehead atoms. The van der Waals surface area contributed by atoms with Crippen molar-refractivity contribution < 1.29 is 23.7 Å².